The number of anilines is 1. The largest absolute Gasteiger partial charge is 0.355 e. The van der Waals surface area contributed by atoms with E-state index >= 15 is 0 Å². The van der Waals surface area contributed by atoms with E-state index in [1.807, 2.05) is 19.2 Å². The van der Waals surface area contributed by atoms with Crippen LogP contribution in [0, 0.1) is 17.2 Å². The van der Waals surface area contributed by atoms with Gasteiger partial charge in [0.1, 0.15) is 5.82 Å². The SMILES string of the molecule is Cn1ncc2c(N3CCCC(C#N)C3)nc(-c3cccnc3)nc21. The molecule has 4 heterocycles. The van der Waals surface area contributed by atoms with Gasteiger partial charge < -0.3 is 4.90 Å². The number of aromatic nitrogens is 5. The Morgan fingerprint density at radius 1 is 1.29 bits per heavy atom. The lowest BCUT2D eigenvalue weighted by Gasteiger charge is -2.31. The first kappa shape index (κ1) is 14.6. The van der Waals surface area contributed by atoms with Gasteiger partial charge in [0.2, 0.25) is 0 Å². The summed E-state index contributed by atoms with van der Waals surface area (Å²) < 4.78 is 1.76. The molecule has 0 aromatic carbocycles. The average molecular weight is 319 g/mol. The van der Waals surface area contributed by atoms with Crippen molar-refractivity contribution in [1.82, 2.24) is 24.7 Å². The fourth-order valence-corrected chi connectivity index (χ4v) is 3.15. The first-order valence-corrected chi connectivity index (χ1v) is 8.01. The van der Waals surface area contributed by atoms with Crippen LogP contribution in [0.5, 0.6) is 0 Å². The van der Waals surface area contributed by atoms with Crippen LogP contribution in [-0.2, 0) is 7.05 Å². The molecule has 1 aliphatic rings. The van der Waals surface area contributed by atoms with Crippen LogP contribution in [0.2, 0.25) is 0 Å². The second-order valence-corrected chi connectivity index (χ2v) is 6.03. The number of rotatable bonds is 2. The van der Waals surface area contributed by atoms with Crippen molar-refractivity contribution in [3.05, 3.63) is 30.7 Å². The minimum absolute atomic E-state index is 0.0438. The second kappa shape index (κ2) is 5.89. The molecule has 1 saturated heterocycles. The van der Waals surface area contributed by atoms with Gasteiger partial charge in [0.05, 0.1) is 23.6 Å². The van der Waals surface area contributed by atoms with Crippen molar-refractivity contribution in [1.29, 1.82) is 5.26 Å². The standard InChI is InChI=1S/C17H17N7/c1-23-16-14(10-20-23)17(24-7-3-4-12(8-18)11-24)22-15(21-16)13-5-2-6-19-9-13/h2,5-6,9-10,12H,3-4,7,11H2,1H3. The molecule has 0 amide bonds. The lowest BCUT2D eigenvalue weighted by Crippen LogP contribution is -2.35. The first-order valence-electron chi connectivity index (χ1n) is 8.01. The van der Waals surface area contributed by atoms with Crippen molar-refractivity contribution in [2.45, 2.75) is 12.8 Å². The maximum Gasteiger partial charge on any atom is 0.165 e. The van der Waals surface area contributed by atoms with Crippen LogP contribution in [0.3, 0.4) is 0 Å². The van der Waals surface area contributed by atoms with Gasteiger partial charge in [0, 0.05) is 38.1 Å². The molecule has 0 bridgehead atoms. The van der Waals surface area contributed by atoms with Gasteiger partial charge in [-0.2, -0.15) is 10.4 Å². The molecule has 0 saturated carbocycles. The lowest BCUT2D eigenvalue weighted by atomic mass is 9.99. The van der Waals surface area contributed by atoms with E-state index in [2.05, 4.69) is 26.0 Å². The normalized spacial score (nSPS) is 17.8. The van der Waals surface area contributed by atoms with Crippen LogP contribution in [0.15, 0.2) is 30.7 Å². The van der Waals surface area contributed by atoms with Crippen LogP contribution in [-0.4, -0.2) is 37.8 Å². The Bertz CT molecular complexity index is 910. The molecule has 0 aliphatic carbocycles. The topological polar surface area (TPSA) is 83.5 Å². The van der Waals surface area contributed by atoms with Crippen LogP contribution in [0.25, 0.3) is 22.4 Å². The van der Waals surface area contributed by atoms with Gasteiger partial charge in [-0.25, -0.2) is 9.97 Å². The fraction of sp³-hybridized carbons (Fsp3) is 0.353. The van der Waals surface area contributed by atoms with Crippen molar-refractivity contribution in [2.24, 2.45) is 13.0 Å². The zero-order chi connectivity index (χ0) is 16.5. The van der Waals surface area contributed by atoms with Crippen molar-refractivity contribution in [2.75, 3.05) is 18.0 Å². The molecule has 3 aromatic rings. The number of fused-ring (bicyclic) bond motifs is 1. The molecule has 1 atom stereocenters. The van der Waals surface area contributed by atoms with Gasteiger partial charge in [-0.1, -0.05) is 0 Å². The summed E-state index contributed by atoms with van der Waals surface area (Å²) in [4.78, 5) is 15.8. The zero-order valence-electron chi connectivity index (χ0n) is 13.4. The summed E-state index contributed by atoms with van der Waals surface area (Å²) in [6.45, 7) is 1.59. The maximum atomic E-state index is 9.27. The molecule has 4 rings (SSSR count). The monoisotopic (exact) mass is 319 g/mol. The molecule has 0 spiro atoms. The van der Waals surface area contributed by atoms with Crippen LogP contribution >= 0.6 is 0 Å². The molecule has 1 unspecified atom stereocenters. The lowest BCUT2D eigenvalue weighted by molar-refractivity contribution is 0.491. The molecule has 120 valence electrons. The third-order valence-corrected chi connectivity index (χ3v) is 4.40. The van der Waals surface area contributed by atoms with E-state index in [0.29, 0.717) is 12.4 Å². The van der Waals surface area contributed by atoms with E-state index in [4.69, 9.17) is 4.98 Å². The van der Waals surface area contributed by atoms with Crippen molar-refractivity contribution in [3.63, 3.8) is 0 Å². The number of pyridine rings is 1. The number of piperidine rings is 1. The fourth-order valence-electron chi connectivity index (χ4n) is 3.15. The highest BCUT2D eigenvalue weighted by molar-refractivity contribution is 5.88. The van der Waals surface area contributed by atoms with E-state index in [1.165, 1.54) is 0 Å². The molecule has 1 aliphatic heterocycles. The van der Waals surface area contributed by atoms with Gasteiger partial charge in [0.25, 0.3) is 0 Å². The summed E-state index contributed by atoms with van der Waals surface area (Å²) in [5.74, 6) is 1.53. The Kier molecular flexibility index (Phi) is 3.58. The van der Waals surface area contributed by atoms with E-state index < -0.39 is 0 Å². The Labute approximate surface area is 139 Å². The predicted molar refractivity (Wildman–Crippen MR) is 90.1 cm³/mol. The van der Waals surface area contributed by atoms with Crippen LogP contribution < -0.4 is 4.90 Å². The second-order valence-electron chi connectivity index (χ2n) is 6.03. The average Bonchev–Trinajstić information content (AvgIpc) is 3.03. The van der Waals surface area contributed by atoms with Crippen molar-refractivity contribution >= 4 is 16.9 Å². The Hall–Kier alpha value is -3.01. The van der Waals surface area contributed by atoms with Gasteiger partial charge in [-0.15, -0.1) is 0 Å². The van der Waals surface area contributed by atoms with E-state index in [1.54, 1.807) is 23.3 Å². The van der Waals surface area contributed by atoms with Gasteiger partial charge in [-0.05, 0) is 25.0 Å². The third-order valence-electron chi connectivity index (χ3n) is 4.40. The number of aryl methyl sites for hydroxylation is 1. The molecule has 0 N–H and O–H groups in total. The molecule has 3 aromatic heterocycles. The van der Waals surface area contributed by atoms with E-state index in [0.717, 1.165) is 41.8 Å². The Morgan fingerprint density at radius 2 is 2.21 bits per heavy atom. The van der Waals surface area contributed by atoms with Crippen LogP contribution in [0.1, 0.15) is 12.8 Å². The molecule has 7 heteroatoms. The maximum absolute atomic E-state index is 9.27. The zero-order valence-corrected chi connectivity index (χ0v) is 13.4. The highest BCUT2D eigenvalue weighted by atomic mass is 15.3. The van der Waals surface area contributed by atoms with Gasteiger partial charge >= 0.3 is 0 Å². The number of nitriles is 1. The predicted octanol–water partition coefficient (Wildman–Crippen LogP) is 2.17. The smallest absolute Gasteiger partial charge is 0.165 e. The Morgan fingerprint density at radius 3 is 3.00 bits per heavy atom. The molecule has 24 heavy (non-hydrogen) atoms. The molecular formula is C17H17N7. The summed E-state index contributed by atoms with van der Waals surface area (Å²) >= 11 is 0. The molecule has 1 fully saturated rings. The van der Waals surface area contributed by atoms with E-state index in [-0.39, 0.29) is 5.92 Å². The number of nitrogens with zero attached hydrogens (tertiary/aromatic N) is 7. The summed E-state index contributed by atoms with van der Waals surface area (Å²) in [7, 11) is 1.88. The van der Waals surface area contributed by atoms with Crippen molar-refractivity contribution < 1.29 is 0 Å². The van der Waals surface area contributed by atoms with Crippen molar-refractivity contribution in [3.8, 4) is 17.5 Å². The van der Waals surface area contributed by atoms with Gasteiger partial charge in [0.15, 0.2) is 11.5 Å². The van der Waals surface area contributed by atoms with E-state index in [9.17, 15) is 5.26 Å². The Balaban J connectivity index is 1.86. The minimum atomic E-state index is 0.0438. The minimum Gasteiger partial charge on any atom is -0.355 e. The molecule has 0 radical (unpaired) electrons. The molecule has 7 nitrogen and oxygen atoms in total. The summed E-state index contributed by atoms with van der Waals surface area (Å²) in [5.41, 5.74) is 1.66. The summed E-state index contributed by atoms with van der Waals surface area (Å²) in [5, 5.41) is 14.5. The summed E-state index contributed by atoms with van der Waals surface area (Å²) in [6, 6.07) is 6.21. The quantitative estimate of drug-likeness (QED) is 0.720. The highest BCUT2D eigenvalue weighted by Crippen LogP contribution is 2.30. The number of hydrogen-bond donors (Lipinski definition) is 0. The molecular weight excluding hydrogens is 302 g/mol. The van der Waals surface area contributed by atoms with Gasteiger partial charge in [-0.3, -0.25) is 9.67 Å². The first-order chi connectivity index (χ1) is 11.8. The summed E-state index contributed by atoms with van der Waals surface area (Å²) in [6.07, 6.45) is 7.23. The number of hydrogen-bond acceptors (Lipinski definition) is 6. The highest BCUT2D eigenvalue weighted by Gasteiger charge is 2.24. The third kappa shape index (κ3) is 2.46. The van der Waals surface area contributed by atoms with Crippen LogP contribution in [0.4, 0.5) is 5.82 Å².